The fraction of sp³-hybridized carbons (Fsp3) is 0.0769. The van der Waals surface area contributed by atoms with Crippen LogP contribution >= 0.6 is 0 Å². The molecule has 86 valence electrons. The van der Waals surface area contributed by atoms with Gasteiger partial charge < -0.3 is 9.84 Å². The van der Waals surface area contributed by atoms with Gasteiger partial charge in [0.2, 0.25) is 0 Å². The molecular formula is C13H11NO3. The van der Waals surface area contributed by atoms with Crippen LogP contribution in [0.5, 0.6) is 5.75 Å². The molecule has 1 N–H and O–H groups in total. The van der Waals surface area contributed by atoms with Crippen LogP contribution in [-0.4, -0.2) is 23.2 Å². The zero-order valence-electron chi connectivity index (χ0n) is 9.25. The molecule has 0 amide bonds. The minimum Gasteiger partial charge on any atom is -0.497 e. The van der Waals surface area contributed by atoms with E-state index >= 15 is 0 Å². The number of aromatic nitrogens is 1. The van der Waals surface area contributed by atoms with Gasteiger partial charge in [0.25, 0.3) is 0 Å². The van der Waals surface area contributed by atoms with Gasteiger partial charge in [-0.3, -0.25) is 4.98 Å². The van der Waals surface area contributed by atoms with Crippen molar-refractivity contribution in [3.63, 3.8) is 0 Å². The summed E-state index contributed by atoms with van der Waals surface area (Å²) in [5.41, 5.74) is 1.61. The van der Waals surface area contributed by atoms with Gasteiger partial charge in [-0.1, -0.05) is 6.07 Å². The number of hydrogen-bond donors (Lipinski definition) is 1. The van der Waals surface area contributed by atoms with Crippen LogP contribution in [0.3, 0.4) is 0 Å². The normalized spacial score (nSPS) is 9.94. The van der Waals surface area contributed by atoms with Gasteiger partial charge in [0.15, 0.2) is 0 Å². The Morgan fingerprint density at radius 3 is 2.76 bits per heavy atom. The van der Waals surface area contributed by atoms with E-state index in [1.54, 1.807) is 30.6 Å². The predicted octanol–water partition coefficient (Wildman–Crippen LogP) is 2.46. The van der Waals surface area contributed by atoms with E-state index in [1.165, 1.54) is 13.2 Å². The van der Waals surface area contributed by atoms with Gasteiger partial charge in [0.1, 0.15) is 5.75 Å². The molecule has 0 spiro atoms. The maximum Gasteiger partial charge on any atom is 0.336 e. The maximum atomic E-state index is 11.2. The van der Waals surface area contributed by atoms with Crippen molar-refractivity contribution >= 4 is 5.97 Å². The average Bonchev–Trinajstić information content (AvgIpc) is 2.39. The van der Waals surface area contributed by atoms with E-state index < -0.39 is 5.97 Å². The highest BCUT2D eigenvalue weighted by molar-refractivity contribution is 5.96. The first-order chi connectivity index (χ1) is 8.22. The van der Waals surface area contributed by atoms with E-state index in [-0.39, 0.29) is 5.56 Å². The fourth-order valence-corrected chi connectivity index (χ4v) is 1.60. The van der Waals surface area contributed by atoms with Crippen LogP contribution in [-0.2, 0) is 0 Å². The van der Waals surface area contributed by atoms with Crippen LogP contribution in [0.15, 0.2) is 42.7 Å². The van der Waals surface area contributed by atoms with Gasteiger partial charge in [-0.2, -0.15) is 0 Å². The van der Waals surface area contributed by atoms with Gasteiger partial charge in [-0.25, -0.2) is 4.79 Å². The van der Waals surface area contributed by atoms with Crippen molar-refractivity contribution in [1.82, 2.24) is 4.98 Å². The highest BCUT2D eigenvalue weighted by atomic mass is 16.5. The molecule has 0 aliphatic carbocycles. The van der Waals surface area contributed by atoms with E-state index in [0.29, 0.717) is 11.3 Å². The molecule has 0 aliphatic heterocycles. The third kappa shape index (κ3) is 2.25. The lowest BCUT2D eigenvalue weighted by Gasteiger charge is -2.08. The quantitative estimate of drug-likeness (QED) is 0.878. The number of benzene rings is 1. The second-order valence-corrected chi connectivity index (χ2v) is 3.46. The Bertz CT molecular complexity index is 538. The molecule has 0 aliphatic rings. The fourth-order valence-electron chi connectivity index (χ4n) is 1.60. The summed E-state index contributed by atoms with van der Waals surface area (Å²) in [6, 6.07) is 8.55. The zero-order chi connectivity index (χ0) is 12.3. The van der Waals surface area contributed by atoms with Gasteiger partial charge in [0, 0.05) is 18.0 Å². The molecule has 0 saturated heterocycles. The van der Waals surface area contributed by atoms with E-state index in [9.17, 15) is 9.90 Å². The number of carboxylic acids is 1. The number of rotatable bonds is 3. The summed E-state index contributed by atoms with van der Waals surface area (Å²) in [7, 11) is 1.50. The molecule has 0 saturated carbocycles. The third-order valence-electron chi connectivity index (χ3n) is 2.43. The van der Waals surface area contributed by atoms with Crippen LogP contribution in [0.2, 0.25) is 0 Å². The summed E-state index contributed by atoms with van der Waals surface area (Å²) in [6.45, 7) is 0. The standard InChI is InChI=1S/C13H11NO3/c1-17-10-4-5-11(12(7-10)13(15)16)9-3-2-6-14-8-9/h2-8H,1H3,(H,15,16). The highest BCUT2D eigenvalue weighted by Gasteiger charge is 2.12. The summed E-state index contributed by atoms with van der Waals surface area (Å²) < 4.78 is 5.02. The van der Waals surface area contributed by atoms with Crippen molar-refractivity contribution in [2.24, 2.45) is 0 Å². The molecule has 1 heterocycles. The number of methoxy groups -OCH3 is 1. The minimum absolute atomic E-state index is 0.206. The first-order valence-electron chi connectivity index (χ1n) is 5.04. The Balaban J connectivity index is 2.58. The smallest absolute Gasteiger partial charge is 0.336 e. The summed E-state index contributed by atoms with van der Waals surface area (Å²) in [5, 5.41) is 9.17. The molecule has 0 fully saturated rings. The number of nitrogens with zero attached hydrogens (tertiary/aromatic N) is 1. The molecule has 1 aromatic heterocycles. The monoisotopic (exact) mass is 229 g/mol. The number of pyridine rings is 1. The highest BCUT2D eigenvalue weighted by Crippen LogP contribution is 2.26. The summed E-state index contributed by atoms with van der Waals surface area (Å²) in [4.78, 5) is 15.2. The van der Waals surface area contributed by atoms with Crippen LogP contribution < -0.4 is 4.74 Å². The van der Waals surface area contributed by atoms with Crippen molar-refractivity contribution in [3.05, 3.63) is 48.3 Å². The molecule has 1 aromatic carbocycles. The van der Waals surface area contributed by atoms with E-state index in [4.69, 9.17) is 4.74 Å². The average molecular weight is 229 g/mol. The number of hydrogen-bond acceptors (Lipinski definition) is 3. The number of carbonyl (C=O) groups is 1. The predicted molar refractivity (Wildman–Crippen MR) is 63.2 cm³/mol. The molecule has 2 aromatic rings. The molecule has 0 atom stereocenters. The zero-order valence-corrected chi connectivity index (χ0v) is 9.25. The van der Waals surface area contributed by atoms with E-state index in [2.05, 4.69) is 4.98 Å². The first kappa shape index (κ1) is 11.1. The Morgan fingerprint density at radius 2 is 2.18 bits per heavy atom. The van der Waals surface area contributed by atoms with Gasteiger partial charge in [-0.05, 0) is 29.8 Å². The lowest BCUT2D eigenvalue weighted by molar-refractivity contribution is 0.0697. The van der Waals surface area contributed by atoms with Crippen LogP contribution in [0.25, 0.3) is 11.1 Å². The maximum absolute atomic E-state index is 11.2. The van der Waals surface area contributed by atoms with Crippen molar-refractivity contribution in [2.45, 2.75) is 0 Å². The van der Waals surface area contributed by atoms with Crippen molar-refractivity contribution in [3.8, 4) is 16.9 Å². The number of aromatic carboxylic acids is 1. The number of carboxylic acid groups (broad SMARTS) is 1. The summed E-state index contributed by atoms with van der Waals surface area (Å²) in [6.07, 6.45) is 3.28. The molecule has 17 heavy (non-hydrogen) atoms. The third-order valence-corrected chi connectivity index (χ3v) is 2.43. The Morgan fingerprint density at radius 1 is 1.35 bits per heavy atom. The van der Waals surface area contributed by atoms with Crippen molar-refractivity contribution < 1.29 is 14.6 Å². The van der Waals surface area contributed by atoms with E-state index in [1.807, 2.05) is 6.07 Å². The Kier molecular flexibility index (Phi) is 3.05. The topological polar surface area (TPSA) is 59.4 Å². The molecule has 0 unspecified atom stereocenters. The summed E-state index contributed by atoms with van der Waals surface area (Å²) in [5.74, 6) is -0.460. The minimum atomic E-state index is -0.984. The Labute approximate surface area is 98.5 Å². The lowest BCUT2D eigenvalue weighted by atomic mass is 10.0. The van der Waals surface area contributed by atoms with Crippen LogP contribution in [0, 0.1) is 0 Å². The van der Waals surface area contributed by atoms with Gasteiger partial charge in [0.05, 0.1) is 12.7 Å². The molecule has 2 rings (SSSR count). The molecule has 0 radical (unpaired) electrons. The van der Waals surface area contributed by atoms with Crippen LogP contribution in [0.1, 0.15) is 10.4 Å². The second-order valence-electron chi connectivity index (χ2n) is 3.46. The molecule has 4 nitrogen and oxygen atoms in total. The summed E-state index contributed by atoms with van der Waals surface area (Å²) >= 11 is 0. The van der Waals surface area contributed by atoms with E-state index in [0.717, 1.165) is 5.56 Å². The molecule has 4 heteroatoms. The largest absolute Gasteiger partial charge is 0.497 e. The van der Waals surface area contributed by atoms with Gasteiger partial charge >= 0.3 is 5.97 Å². The SMILES string of the molecule is COc1ccc(-c2cccnc2)c(C(=O)O)c1. The van der Waals surface area contributed by atoms with Crippen LogP contribution in [0.4, 0.5) is 0 Å². The Hall–Kier alpha value is -2.36. The molecular weight excluding hydrogens is 218 g/mol. The van der Waals surface area contributed by atoms with Crippen molar-refractivity contribution in [2.75, 3.05) is 7.11 Å². The molecule has 0 bridgehead atoms. The second kappa shape index (κ2) is 4.65. The first-order valence-corrected chi connectivity index (χ1v) is 5.04. The van der Waals surface area contributed by atoms with Gasteiger partial charge in [-0.15, -0.1) is 0 Å². The lowest BCUT2D eigenvalue weighted by Crippen LogP contribution is -2.00. The van der Waals surface area contributed by atoms with Crippen molar-refractivity contribution in [1.29, 1.82) is 0 Å². The number of ether oxygens (including phenoxy) is 1.